The molecular formula is C14H18BrNO2. The molecule has 2 rings (SSSR count). The fourth-order valence-electron chi connectivity index (χ4n) is 2.35. The van der Waals surface area contributed by atoms with E-state index in [2.05, 4.69) is 27.8 Å². The Hall–Kier alpha value is -0.870. The van der Waals surface area contributed by atoms with E-state index in [1.807, 2.05) is 18.2 Å². The van der Waals surface area contributed by atoms with Crippen LogP contribution in [0.25, 0.3) is 0 Å². The molecule has 98 valence electrons. The maximum atomic E-state index is 11.7. The lowest BCUT2D eigenvalue weighted by molar-refractivity contribution is 0.0922. The van der Waals surface area contributed by atoms with Gasteiger partial charge in [-0.25, -0.2) is 0 Å². The molecule has 1 heterocycles. The predicted molar refractivity (Wildman–Crippen MR) is 76.4 cm³/mol. The highest BCUT2D eigenvalue weighted by molar-refractivity contribution is 9.10. The van der Waals surface area contributed by atoms with E-state index in [4.69, 9.17) is 4.74 Å². The Kier molecular flexibility index (Phi) is 4.40. The molecule has 4 heteroatoms. The van der Waals surface area contributed by atoms with E-state index in [-0.39, 0.29) is 5.78 Å². The van der Waals surface area contributed by atoms with Crippen molar-refractivity contribution in [3.05, 3.63) is 28.2 Å². The smallest absolute Gasteiger partial charge is 0.161 e. The lowest BCUT2D eigenvalue weighted by Gasteiger charge is -2.37. The lowest BCUT2D eigenvalue weighted by atomic mass is 10.1. The van der Waals surface area contributed by atoms with Crippen LogP contribution >= 0.6 is 15.9 Å². The van der Waals surface area contributed by atoms with Crippen molar-refractivity contribution in [1.29, 1.82) is 0 Å². The van der Waals surface area contributed by atoms with Crippen LogP contribution in [0.2, 0.25) is 0 Å². The van der Waals surface area contributed by atoms with Crippen molar-refractivity contribution in [3.8, 4) is 0 Å². The van der Waals surface area contributed by atoms with Gasteiger partial charge in [0, 0.05) is 22.3 Å². The number of morpholine rings is 1. The molecule has 1 fully saturated rings. The Balaban J connectivity index is 2.41. The van der Waals surface area contributed by atoms with Gasteiger partial charge in [-0.05, 0) is 31.5 Å². The van der Waals surface area contributed by atoms with E-state index in [0.717, 1.165) is 41.9 Å². The van der Waals surface area contributed by atoms with Gasteiger partial charge in [-0.2, -0.15) is 0 Å². The number of halogens is 1. The molecule has 0 N–H and O–H groups in total. The minimum absolute atomic E-state index is 0.110. The van der Waals surface area contributed by atoms with Crippen LogP contribution in [-0.4, -0.2) is 31.6 Å². The number of carbonyl (C=O) groups excluding carboxylic acids is 1. The Morgan fingerprint density at radius 3 is 3.00 bits per heavy atom. The van der Waals surface area contributed by atoms with Crippen molar-refractivity contribution in [2.45, 2.75) is 26.3 Å². The Labute approximate surface area is 116 Å². The summed E-state index contributed by atoms with van der Waals surface area (Å²) in [5, 5.41) is 0. The topological polar surface area (TPSA) is 29.5 Å². The average Bonchev–Trinajstić information content (AvgIpc) is 2.38. The van der Waals surface area contributed by atoms with Crippen LogP contribution in [0, 0.1) is 0 Å². The first kappa shape index (κ1) is 13.6. The summed E-state index contributed by atoms with van der Waals surface area (Å²) < 4.78 is 6.52. The van der Waals surface area contributed by atoms with Crippen molar-refractivity contribution in [2.75, 3.05) is 24.7 Å². The maximum Gasteiger partial charge on any atom is 0.161 e. The number of anilines is 1. The SMILES string of the molecule is CCC1COCCN1c1cc(Br)ccc1C(C)=O. The quantitative estimate of drug-likeness (QED) is 0.802. The minimum atomic E-state index is 0.110. The Morgan fingerprint density at radius 2 is 2.33 bits per heavy atom. The largest absolute Gasteiger partial charge is 0.377 e. The first-order chi connectivity index (χ1) is 8.63. The summed E-state index contributed by atoms with van der Waals surface area (Å²) in [5.74, 6) is 0.110. The zero-order valence-corrected chi connectivity index (χ0v) is 12.4. The number of nitrogens with zero attached hydrogens (tertiary/aromatic N) is 1. The van der Waals surface area contributed by atoms with Crippen molar-refractivity contribution < 1.29 is 9.53 Å². The van der Waals surface area contributed by atoms with E-state index < -0.39 is 0 Å². The number of carbonyl (C=O) groups is 1. The Bertz CT molecular complexity index is 447. The van der Waals surface area contributed by atoms with E-state index in [0.29, 0.717) is 6.04 Å². The van der Waals surface area contributed by atoms with E-state index in [1.165, 1.54) is 0 Å². The van der Waals surface area contributed by atoms with Gasteiger partial charge in [0.2, 0.25) is 0 Å². The summed E-state index contributed by atoms with van der Waals surface area (Å²) in [6, 6.07) is 6.20. The van der Waals surface area contributed by atoms with Gasteiger partial charge in [0.1, 0.15) is 0 Å². The molecule has 18 heavy (non-hydrogen) atoms. The first-order valence-corrected chi connectivity index (χ1v) is 7.07. The molecule has 0 bridgehead atoms. The highest BCUT2D eigenvalue weighted by Crippen LogP contribution is 2.29. The number of hydrogen-bond acceptors (Lipinski definition) is 3. The predicted octanol–water partition coefficient (Wildman–Crippen LogP) is 3.27. The first-order valence-electron chi connectivity index (χ1n) is 6.28. The second-order valence-electron chi connectivity index (χ2n) is 4.55. The summed E-state index contributed by atoms with van der Waals surface area (Å²) in [6.45, 7) is 6.07. The van der Waals surface area contributed by atoms with Gasteiger partial charge < -0.3 is 9.64 Å². The normalized spacial score (nSPS) is 19.9. The number of benzene rings is 1. The fraction of sp³-hybridized carbons (Fsp3) is 0.500. The molecule has 1 aromatic carbocycles. The highest BCUT2D eigenvalue weighted by Gasteiger charge is 2.24. The third kappa shape index (κ3) is 2.75. The van der Waals surface area contributed by atoms with Gasteiger partial charge >= 0.3 is 0 Å². The molecule has 1 aliphatic rings. The zero-order valence-electron chi connectivity index (χ0n) is 10.8. The van der Waals surface area contributed by atoms with Crippen molar-refractivity contribution in [2.24, 2.45) is 0 Å². The van der Waals surface area contributed by atoms with E-state index in [9.17, 15) is 4.79 Å². The van der Waals surface area contributed by atoms with Crippen molar-refractivity contribution in [3.63, 3.8) is 0 Å². The van der Waals surface area contributed by atoms with Gasteiger partial charge in [-0.1, -0.05) is 22.9 Å². The summed E-state index contributed by atoms with van der Waals surface area (Å²) in [4.78, 5) is 14.0. The summed E-state index contributed by atoms with van der Waals surface area (Å²) in [7, 11) is 0. The monoisotopic (exact) mass is 311 g/mol. The number of ether oxygens (including phenoxy) is 1. The molecule has 0 spiro atoms. The Morgan fingerprint density at radius 1 is 1.56 bits per heavy atom. The van der Waals surface area contributed by atoms with Crippen LogP contribution in [0.15, 0.2) is 22.7 Å². The van der Waals surface area contributed by atoms with Gasteiger partial charge in [0.05, 0.1) is 19.3 Å². The molecule has 1 saturated heterocycles. The summed E-state index contributed by atoms with van der Waals surface area (Å²) >= 11 is 3.48. The molecule has 0 saturated carbocycles. The molecule has 1 unspecified atom stereocenters. The number of hydrogen-bond donors (Lipinski definition) is 0. The molecule has 0 aliphatic carbocycles. The molecule has 0 amide bonds. The van der Waals surface area contributed by atoms with Crippen molar-refractivity contribution >= 4 is 27.4 Å². The molecule has 1 aromatic rings. The highest BCUT2D eigenvalue weighted by atomic mass is 79.9. The van der Waals surface area contributed by atoms with Crippen LogP contribution in [0.4, 0.5) is 5.69 Å². The average molecular weight is 312 g/mol. The fourth-order valence-corrected chi connectivity index (χ4v) is 2.70. The second kappa shape index (κ2) is 5.85. The molecule has 0 aromatic heterocycles. The number of rotatable bonds is 3. The third-order valence-corrected chi connectivity index (χ3v) is 3.84. The minimum Gasteiger partial charge on any atom is -0.377 e. The van der Waals surface area contributed by atoms with Crippen LogP contribution in [0.1, 0.15) is 30.6 Å². The second-order valence-corrected chi connectivity index (χ2v) is 5.46. The molecule has 1 aliphatic heterocycles. The van der Waals surface area contributed by atoms with E-state index >= 15 is 0 Å². The van der Waals surface area contributed by atoms with Gasteiger partial charge in [-0.15, -0.1) is 0 Å². The third-order valence-electron chi connectivity index (χ3n) is 3.35. The van der Waals surface area contributed by atoms with Gasteiger partial charge in [0.15, 0.2) is 5.78 Å². The molecule has 3 nitrogen and oxygen atoms in total. The maximum absolute atomic E-state index is 11.7. The standard InChI is InChI=1S/C14H18BrNO2/c1-3-12-9-18-7-6-16(12)14-8-11(15)4-5-13(14)10(2)17/h4-5,8,12H,3,6-7,9H2,1-2H3. The molecule has 1 atom stereocenters. The van der Waals surface area contributed by atoms with Crippen LogP contribution in [0.3, 0.4) is 0 Å². The van der Waals surface area contributed by atoms with Crippen molar-refractivity contribution in [1.82, 2.24) is 0 Å². The summed E-state index contributed by atoms with van der Waals surface area (Å²) in [5.41, 5.74) is 1.81. The summed E-state index contributed by atoms with van der Waals surface area (Å²) in [6.07, 6.45) is 1.02. The zero-order chi connectivity index (χ0) is 13.1. The lowest BCUT2D eigenvalue weighted by Crippen LogP contribution is -2.45. The van der Waals surface area contributed by atoms with Crippen LogP contribution in [0.5, 0.6) is 0 Å². The number of ketones is 1. The molecule has 0 radical (unpaired) electrons. The van der Waals surface area contributed by atoms with E-state index in [1.54, 1.807) is 6.92 Å². The molecular weight excluding hydrogens is 294 g/mol. The van der Waals surface area contributed by atoms with Gasteiger partial charge in [0.25, 0.3) is 0 Å². The van der Waals surface area contributed by atoms with Crippen LogP contribution in [-0.2, 0) is 4.74 Å². The van der Waals surface area contributed by atoms with Gasteiger partial charge in [-0.3, -0.25) is 4.79 Å². The van der Waals surface area contributed by atoms with Crippen LogP contribution < -0.4 is 4.90 Å². The number of Topliss-reactive ketones (excluding diaryl/α,β-unsaturated/α-hetero) is 1.